The van der Waals surface area contributed by atoms with Crippen molar-refractivity contribution in [3.63, 3.8) is 0 Å². The second kappa shape index (κ2) is 7.24. The fraction of sp³-hybridized carbons (Fsp3) is 0.176. The molecule has 2 aromatic rings. The van der Waals surface area contributed by atoms with Gasteiger partial charge in [0.1, 0.15) is 11.9 Å². The Morgan fingerprint density at radius 3 is 2.67 bits per heavy atom. The first-order valence-electron chi connectivity index (χ1n) is 6.84. The molecule has 0 aliphatic heterocycles. The number of aryl methyl sites for hydroxylation is 1. The van der Waals surface area contributed by atoms with Crippen molar-refractivity contribution in [1.82, 2.24) is 14.9 Å². The van der Waals surface area contributed by atoms with Crippen molar-refractivity contribution in [2.75, 3.05) is 0 Å². The monoisotopic (exact) mass is 281 g/mol. The molecule has 2 rings (SSSR count). The van der Waals surface area contributed by atoms with Gasteiger partial charge in [-0.2, -0.15) is 0 Å². The molecule has 0 radical (unpaired) electrons. The second-order valence-corrected chi connectivity index (χ2v) is 4.63. The smallest absolute Gasteiger partial charge is 0.244 e. The Kier molecular flexibility index (Phi) is 5.10. The van der Waals surface area contributed by atoms with Gasteiger partial charge < -0.3 is 9.88 Å². The number of hydrogen-bond donors (Lipinski definition) is 1. The van der Waals surface area contributed by atoms with Gasteiger partial charge >= 0.3 is 0 Å². The molecule has 0 saturated heterocycles. The number of aromatic nitrogens is 2. The second-order valence-electron chi connectivity index (χ2n) is 4.63. The number of benzene rings is 1. The lowest BCUT2D eigenvalue weighted by atomic mass is 10.1. The summed E-state index contributed by atoms with van der Waals surface area (Å²) >= 11 is 0. The van der Waals surface area contributed by atoms with E-state index in [0.29, 0.717) is 0 Å². The minimum atomic E-state index is -0.269. The van der Waals surface area contributed by atoms with Gasteiger partial charge in [-0.1, -0.05) is 48.6 Å². The number of hydrogen-bond acceptors (Lipinski definition) is 2. The normalized spacial score (nSPS) is 12.9. The van der Waals surface area contributed by atoms with E-state index in [-0.39, 0.29) is 11.9 Å². The van der Waals surface area contributed by atoms with Crippen molar-refractivity contribution >= 4 is 5.91 Å². The van der Waals surface area contributed by atoms with Gasteiger partial charge in [-0.15, -0.1) is 0 Å². The van der Waals surface area contributed by atoms with Crippen LogP contribution in [0.25, 0.3) is 0 Å². The van der Waals surface area contributed by atoms with E-state index in [1.54, 1.807) is 12.3 Å². The molecule has 1 aromatic heterocycles. The Labute approximate surface area is 124 Å². The van der Waals surface area contributed by atoms with Crippen LogP contribution in [0.4, 0.5) is 0 Å². The van der Waals surface area contributed by atoms with Crippen molar-refractivity contribution < 1.29 is 4.79 Å². The molecule has 0 spiro atoms. The Morgan fingerprint density at radius 1 is 1.29 bits per heavy atom. The largest absolute Gasteiger partial charge is 0.339 e. The van der Waals surface area contributed by atoms with E-state index in [4.69, 9.17) is 0 Å². The van der Waals surface area contributed by atoms with Crippen LogP contribution < -0.4 is 5.32 Å². The van der Waals surface area contributed by atoms with Gasteiger partial charge in [0.2, 0.25) is 5.91 Å². The standard InChI is InChI=1S/C17H19N3O/c1-3-4-6-11-15(21)19-16(14-9-7-5-8-10-14)17-18-12-13-20(17)2/h3-13,16H,1-2H3,(H,19,21)/b4-3+,11-6+. The number of amides is 1. The molecule has 21 heavy (non-hydrogen) atoms. The van der Waals surface area contributed by atoms with Crippen LogP contribution in [0, 0.1) is 0 Å². The van der Waals surface area contributed by atoms with Gasteiger partial charge in [0.25, 0.3) is 0 Å². The molecule has 1 aromatic carbocycles. The zero-order chi connectivity index (χ0) is 15.1. The maximum atomic E-state index is 12.0. The maximum Gasteiger partial charge on any atom is 0.244 e. The molecule has 1 atom stereocenters. The van der Waals surface area contributed by atoms with Crippen molar-refractivity contribution in [2.24, 2.45) is 7.05 Å². The predicted molar refractivity (Wildman–Crippen MR) is 83.6 cm³/mol. The number of allylic oxidation sites excluding steroid dienone is 3. The van der Waals surface area contributed by atoms with Crippen LogP contribution in [-0.4, -0.2) is 15.5 Å². The van der Waals surface area contributed by atoms with Crippen LogP contribution in [0.2, 0.25) is 0 Å². The quantitative estimate of drug-likeness (QED) is 0.676. The molecule has 1 unspecified atom stereocenters. The lowest BCUT2D eigenvalue weighted by molar-refractivity contribution is -0.117. The van der Waals surface area contributed by atoms with Crippen molar-refractivity contribution in [2.45, 2.75) is 13.0 Å². The minimum absolute atomic E-state index is 0.148. The van der Waals surface area contributed by atoms with Gasteiger partial charge in [0.15, 0.2) is 0 Å². The van der Waals surface area contributed by atoms with Gasteiger partial charge in [-0.25, -0.2) is 4.98 Å². The molecular weight excluding hydrogens is 262 g/mol. The van der Waals surface area contributed by atoms with Crippen LogP contribution in [-0.2, 0) is 11.8 Å². The summed E-state index contributed by atoms with van der Waals surface area (Å²) in [5.41, 5.74) is 1.000. The summed E-state index contributed by atoms with van der Waals surface area (Å²) in [6.45, 7) is 1.91. The Balaban J connectivity index is 2.26. The zero-order valence-electron chi connectivity index (χ0n) is 12.2. The first-order valence-corrected chi connectivity index (χ1v) is 6.84. The summed E-state index contributed by atoms with van der Waals surface area (Å²) in [5.74, 6) is 0.652. The highest BCUT2D eigenvalue weighted by atomic mass is 16.1. The Bertz CT molecular complexity index is 641. The highest BCUT2D eigenvalue weighted by Crippen LogP contribution is 2.19. The number of carbonyl (C=O) groups excluding carboxylic acids is 1. The Hall–Kier alpha value is -2.62. The Morgan fingerprint density at radius 2 is 2.05 bits per heavy atom. The first-order chi connectivity index (χ1) is 10.2. The molecule has 4 heteroatoms. The van der Waals surface area contributed by atoms with E-state index in [9.17, 15) is 4.79 Å². The summed E-state index contributed by atoms with van der Waals surface area (Å²) in [4.78, 5) is 16.4. The number of carbonyl (C=O) groups is 1. The maximum absolute atomic E-state index is 12.0. The van der Waals surface area contributed by atoms with Crippen LogP contribution in [0.1, 0.15) is 24.4 Å². The van der Waals surface area contributed by atoms with Gasteiger partial charge in [-0.3, -0.25) is 4.79 Å². The van der Waals surface area contributed by atoms with E-state index >= 15 is 0 Å². The van der Waals surface area contributed by atoms with E-state index in [0.717, 1.165) is 11.4 Å². The highest BCUT2D eigenvalue weighted by Gasteiger charge is 2.19. The molecule has 0 aliphatic rings. The van der Waals surface area contributed by atoms with Gasteiger partial charge in [0, 0.05) is 25.5 Å². The molecule has 1 N–H and O–H groups in total. The lowest BCUT2D eigenvalue weighted by Gasteiger charge is -2.18. The molecule has 0 bridgehead atoms. The number of nitrogens with zero attached hydrogens (tertiary/aromatic N) is 2. The summed E-state index contributed by atoms with van der Waals surface area (Å²) in [6.07, 6.45) is 10.5. The first kappa shape index (κ1) is 14.8. The van der Waals surface area contributed by atoms with E-state index in [1.807, 2.05) is 67.2 Å². The molecular formula is C17H19N3O. The van der Waals surface area contributed by atoms with E-state index in [2.05, 4.69) is 10.3 Å². The number of nitrogens with one attached hydrogen (secondary N) is 1. The molecule has 1 heterocycles. The third-order valence-corrected chi connectivity index (χ3v) is 3.09. The highest BCUT2D eigenvalue weighted by molar-refractivity contribution is 5.88. The zero-order valence-corrected chi connectivity index (χ0v) is 12.2. The van der Waals surface area contributed by atoms with Crippen LogP contribution in [0.15, 0.2) is 67.0 Å². The summed E-state index contributed by atoms with van der Waals surface area (Å²) < 4.78 is 1.91. The summed E-state index contributed by atoms with van der Waals surface area (Å²) in [5, 5.41) is 2.99. The summed E-state index contributed by atoms with van der Waals surface area (Å²) in [6, 6.07) is 9.55. The van der Waals surface area contributed by atoms with E-state index < -0.39 is 0 Å². The van der Waals surface area contributed by atoms with Crippen molar-refractivity contribution in [3.8, 4) is 0 Å². The summed E-state index contributed by atoms with van der Waals surface area (Å²) in [7, 11) is 1.92. The molecule has 0 fully saturated rings. The van der Waals surface area contributed by atoms with Gasteiger partial charge in [-0.05, 0) is 12.5 Å². The molecule has 0 saturated carbocycles. The minimum Gasteiger partial charge on any atom is -0.339 e. The SMILES string of the molecule is C/C=C/C=C/C(=O)NC(c1ccccc1)c1nccn1C. The fourth-order valence-corrected chi connectivity index (χ4v) is 2.04. The third kappa shape index (κ3) is 3.92. The average Bonchev–Trinajstić information content (AvgIpc) is 2.92. The third-order valence-electron chi connectivity index (χ3n) is 3.09. The van der Waals surface area contributed by atoms with Crippen molar-refractivity contribution in [3.05, 3.63) is 78.4 Å². The fourth-order valence-electron chi connectivity index (χ4n) is 2.04. The molecule has 1 amide bonds. The topological polar surface area (TPSA) is 46.9 Å². The van der Waals surface area contributed by atoms with E-state index in [1.165, 1.54) is 6.08 Å². The number of rotatable bonds is 5. The lowest BCUT2D eigenvalue weighted by Crippen LogP contribution is -2.29. The van der Waals surface area contributed by atoms with Crippen LogP contribution in [0.5, 0.6) is 0 Å². The molecule has 4 nitrogen and oxygen atoms in total. The average molecular weight is 281 g/mol. The predicted octanol–water partition coefficient (Wildman–Crippen LogP) is 2.76. The number of imidazole rings is 1. The van der Waals surface area contributed by atoms with Crippen molar-refractivity contribution in [1.29, 1.82) is 0 Å². The van der Waals surface area contributed by atoms with Crippen LogP contribution >= 0.6 is 0 Å². The molecule has 108 valence electrons. The van der Waals surface area contributed by atoms with Gasteiger partial charge in [0.05, 0.1) is 0 Å². The van der Waals surface area contributed by atoms with Crippen LogP contribution in [0.3, 0.4) is 0 Å². The molecule has 0 aliphatic carbocycles.